The summed E-state index contributed by atoms with van der Waals surface area (Å²) < 4.78 is 0. The van der Waals surface area contributed by atoms with Crippen LogP contribution in [0.5, 0.6) is 0 Å². The van der Waals surface area contributed by atoms with E-state index in [0.29, 0.717) is 11.5 Å². The van der Waals surface area contributed by atoms with Crippen molar-refractivity contribution in [2.75, 3.05) is 0 Å². The molecule has 0 amide bonds. The zero-order chi connectivity index (χ0) is 7.84. The number of aromatic carboxylic acids is 1. The number of thiophene rings is 1. The van der Waals surface area contributed by atoms with Gasteiger partial charge in [0.15, 0.2) is 0 Å². The smallest absolute Gasteiger partial charge is 0.336 e. The van der Waals surface area contributed by atoms with Crippen LogP contribution in [0, 0.1) is 0 Å². The summed E-state index contributed by atoms with van der Waals surface area (Å²) in [5, 5.41) is 10.3. The minimum atomic E-state index is -0.812. The molecule has 0 spiro atoms. The summed E-state index contributed by atoms with van der Waals surface area (Å²) in [5.74, 6) is -0.138. The fourth-order valence-electron chi connectivity index (χ4n) is 1.05. The van der Waals surface area contributed by atoms with Gasteiger partial charge in [0, 0.05) is 10.3 Å². The molecule has 1 heterocycles. The standard InChI is InChI=1S/C8H8O2S/c9-8(10)6-3-7(11-4-6)5-1-2-5/h3-5H,1-2H2,(H,9,10). The first-order valence-electron chi connectivity index (χ1n) is 3.59. The number of rotatable bonds is 2. The minimum absolute atomic E-state index is 0.442. The van der Waals surface area contributed by atoms with Crippen molar-refractivity contribution in [2.45, 2.75) is 18.8 Å². The highest BCUT2D eigenvalue weighted by Gasteiger charge is 2.25. The molecular formula is C8H8O2S. The van der Waals surface area contributed by atoms with Gasteiger partial charge in [0.05, 0.1) is 5.56 Å². The summed E-state index contributed by atoms with van der Waals surface area (Å²) in [6.45, 7) is 0. The molecule has 1 aromatic rings. The van der Waals surface area contributed by atoms with Crippen LogP contribution in [-0.4, -0.2) is 11.1 Å². The predicted octanol–water partition coefficient (Wildman–Crippen LogP) is 2.32. The average Bonchev–Trinajstić information content (AvgIpc) is 2.68. The molecule has 0 saturated heterocycles. The molecule has 1 N–H and O–H groups in total. The molecule has 1 saturated carbocycles. The first-order valence-corrected chi connectivity index (χ1v) is 4.47. The number of carbonyl (C=O) groups is 1. The molecule has 1 aromatic heterocycles. The molecule has 1 fully saturated rings. The van der Waals surface area contributed by atoms with Crippen LogP contribution in [0.3, 0.4) is 0 Å². The van der Waals surface area contributed by atoms with E-state index in [1.165, 1.54) is 17.7 Å². The van der Waals surface area contributed by atoms with E-state index in [-0.39, 0.29) is 0 Å². The van der Waals surface area contributed by atoms with Gasteiger partial charge in [0.25, 0.3) is 0 Å². The second kappa shape index (κ2) is 2.34. The van der Waals surface area contributed by atoms with Crippen LogP contribution in [-0.2, 0) is 0 Å². The van der Waals surface area contributed by atoms with E-state index in [0.717, 1.165) is 0 Å². The second-order valence-corrected chi connectivity index (χ2v) is 3.76. The lowest BCUT2D eigenvalue weighted by Crippen LogP contribution is -1.91. The first kappa shape index (κ1) is 6.85. The summed E-state index contributed by atoms with van der Waals surface area (Å²) in [7, 11) is 0. The Morgan fingerprint density at radius 1 is 1.64 bits per heavy atom. The van der Waals surface area contributed by atoms with Gasteiger partial charge in [0.1, 0.15) is 0 Å². The van der Waals surface area contributed by atoms with Crippen molar-refractivity contribution in [1.82, 2.24) is 0 Å². The zero-order valence-electron chi connectivity index (χ0n) is 5.91. The fourth-order valence-corrected chi connectivity index (χ4v) is 2.10. The van der Waals surface area contributed by atoms with E-state index in [2.05, 4.69) is 0 Å². The molecule has 11 heavy (non-hydrogen) atoms. The monoisotopic (exact) mass is 168 g/mol. The summed E-state index contributed by atoms with van der Waals surface area (Å²) in [4.78, 5) is 11.7. The molecule has 58 valence electrons. The highest BCUT2D eigenvalue weighted by molar-refractivity contribution is 7.10. The normalized spacial score (nSPS) is 16.7. The average molecular weight is 168 g/mol. The lowest BCUT2D eigenvalue weighted by atomic mass is 10.2. The van der Waals surface area contributed by atoms with Gasteiger partial charge in [-0.1, -0.05) is 0 Å². The SMILES string of the molecule is O=C(O)c1csc(C2CC2)c1. The maximum Gasteiger partial charge on any atom is 0.336 e. The Labute approximate surface area is 68.5 Å². The van der Waals surface area contributed by atoms with E-state index in [1.807, 2.05) is 0 Å². The van der Waals surface area contributed by atoms with Crippen LogP contribution in [0.1, 0.15) is 34.0 Å². The summed E-state index contributed by atoms with van der Waals surface area (Å²) in [5.41, 5.74) is 0.442. The molecule has 0 bridgehead atoms. The highest BCUT2D eigenvalue weighted by Crippen LogP contribution is 2.42. The molecule has 3 heteroatoms. The maximum atomic E-state index is 10.5. The fraction of sp³-hybridized carbons (Fsp3) is 0.375. The van der Waals surface area contributed by atoms with E-state index in [9.17, 15) is 4.79 Å². The van der Waals surface area contributed by atoms with Gasteiger partial charge < -0.3 is 5.11 Å². The van der Waals surface area contributed by atoms with Gasteiger partial charge in [-0.25, -0.2) is 4.79 Å². The van der Waals surface area contributed by atoms with Crippen molar-refractivity contribution in [3.05, 3.63) is 21.9 Å². The largest absolute Gasteiger partial charge is 0.478 e. The van der Waals surface area contributed by atoms with Crippen LogP contribution in [0.2, 0.25) is 0 Å². The molecule has 0 aliphatic heterocycles. The Bertz CT molecular complexity index is 286. The molecule has 2 rings (SSSR count). The molecule has 0 radical (unpaired) electrons. The summed E-state index contributed by atoms with van der Waals surface area (Å²) >= 11 is 1.57. The number of carboxylic acid groups (broad SMARTS) is 1. The van der Waals surface area contributed by atoms with Crippen molar-refractivity contribution in [3.8, 4) is 0 Å². The van der Waals surface area contributed by atoms with Crippen molar-refractivity contribution in [3.63, 3.8) is 0 Å². The molecule has 0 aromatic carbocycles. The molecule has 0 atom stereocenters. The maximum absolute atomic E-state index is 10.5. The van der Waals surface area contributed by atoms with Gasteiger partial charge in [-0.3, -0.25) is 0 Å². The number of carboxylic acids is 1. The van der Waals surface area contributed by atoms with E-state index in [4.69, 9.17) is 5.11 Å². The predicted molar refractivity (Wildman–Crippen MR) is 43.3 cm³/mol. The van der Waals surface area contributed by atoms with Crippen LogP contribution < -0.4 is 0 Å². The lowest BCUT2D eigenvalue weighted by molar-refractivity contribution is 0.0697. The quantitative estimate of drug-likeness (QED) is 0.735. The second-order valence-electron chi connectivity index (χ2n) is 2.82. The molecule has 1 aliphatic carbocycles. The third kappa shape index (κ3) is 1.28. The van der Waals surface area contributed by atoms with Gasteiger partial charge >= 0.3 is 5.97 Å². The summed E-state index contributed by atoms with van der Waals surface area (Å²) in [6, 6.07) is 1.80. The first-order chi connectivity index (χ1) is 5.27. The summed E-state index contributed by atoms with van der Waals surface area (Å²) in [6.07, 6.45) is 2.47. The van der Waals surface area contributed by atoms with E-state index < -0.39 is 5.97 Å². The van der Waals surface area contributed by atoms with Crippen molar-refractivity contribution >= 4 is 17.3 Å². The Kier molecular flexibility index (Phi) is 1.46. The Balaban J connectivity index is 2.25. The molecule has 1 aliphatic rings. The van der Waals surface area contributed by atoms with Gasteiger partial charge in [-0.2, -0.15) is 0 Å². The van der Waals surface area contributed by atoms with Crippen LogP contribution in [0.25, 0.3) is 0 Å². The third-order valence-electron chi connectivity index (χ3n) is 1.85. The lowest BCUT2D eigenvalue weighted by Gasteiger charge is -1.85. The Hall–Kier alpha value is -0.830. The number of hydrogen-bond acceptors (Lipinski definition) is 2. The molecule has 2 nitrogen and oxygen atoms in total. The molecule has 0 unspecified atom stereocenters. The van der Waals surface area contributed by atoms with Crippen molar-refractivity contribution < 1.29 is 9.90 Å². The Morgan fingerprint density at radius 2 is 2.36 bits per heavy atom. The molecular weight excluding hydrogens is 160 g/mol. The topological polar surface area (TPSA) is 37.3 Å². The van der Waals surface area contributed by atoms with Crippen molar-refractivity contribution in [1.29, 1.82) is 0 Å². The van der Waals surface area contributed by atoms with Crippen LogP contribution in [0.4, 0.5) is 0 Å². The van der Waals surface area contributed by atoms with Crippen LogP contribution >= 0.6 is 11.3 Å². The highest BCUT2D eigenvalue weighted by atomic mass is 32.1. The van der Waals surface area contributed by atoms with E-state index in [1.54, 1.807) is 22.8 Å². The third-order valence-corrected chi connectivity index (χ3v) is 2.94. The van der Waals surface area contributed by atoms with Gasteiger partial charge in [0.2, 0.25) is 0 Å². The van der Waals surface area contributed by atoms with Gasteiger partial charge in [-0.05, 0) is 24.8 Å². The minimum Gasteiger partial charge on any atom is -0.478 e. The van der Waals surface area contributed by atoms with Crippen molar-refractivity contribution in [2.24, 2.45) is 0 Å². The Morgan fingerprint density at radius 3 is 2.82 bits per heavy atom. The van der Waals surface area contributed by atoms with E-state index >= 15 is 0 Å². The van der Waals surface area contributed by atoms with Gasteiger partial charge in [-0.15, -0.1) is 11.3 Å². The number of hydrogen-bond donors (Lipinski definition) is 1. The zero-order valence-corrected chi connectivity index (χ0v) is 6.73. The van der Waals surface area contributed by atoms with Crippen LogP contribution in [0.15, 0.2) is 11.4 Å².